The molecule has 3 heteroatoms. The van der Waals surface area contributed by atoms with E-state index in [9.17, 15) is 4.39 Å². The van der Waals surface area contributed by atoms with E-state index < -0.39 is 0 Å². The van der Waals surface area contributed by atoms with Gasteiger partial charge in [0, 0.05) is 5.56 Å². The fourth-order valence-electron chi connectivity index (χ4n) is 2.95. The van der Waals surface area contributed by atoms with E-state index in [1.165, 1.54) is 12.5 Å². The Balaban J connectivity index is 1.93. The molecule has 0 aromatic heterocycles. The summed E-state index contributed by atoms with van der Waals surface area (Å²) >= 11 is 0. The lowest BCUT2D eigenvalue weighted by Crippen LogP contribution is -2.26. The van der Waals surface area contributed by atoms with Crippen molar-refractivity contribution in [2.24, 2.45) is 11.8 Å². The molecule has 0 aliphatic heterocycles. The van der Waals surface area contributed by atoms with Gasteiger partial charge in [-0.3, -0.25) is 0 Å². The van der Waals surface area contributed by atoms with Crippen LogP contribution >= 0.6 is 0 Å². The summed E-state index contributed by atoms with van der Waals surface area (Å²) in [4.78, 5) is 0. The van der Waals surface area contributed by atoms with E-state index in [-0.39, 0.29) is 11.9 Å². The summed E-state index contributed by atoms with van der Waals surface area (Å²) in [5, 5.41) is 8.70. The maximum absolute atomic E-state index is 13.7. The summed E-state index contributed by atoms with van der Waals surface area (Å²) in [6, 6.07) is 6.48. The van der Waals surface area contributed by atoms with Gasteiger partial charge in [0.1, 0.15) is 5.82 Å². The first-order valence-corrected chi connectivity index (χ1v) is 6.88. The van der Waals surface area contributed by atoms with Gasteiger partial charge in [0.2, 0.25) is 0 Å². The predicted molar refractivity (Wildman–Crippen MR) is 71.9 cm³/mol. The van der Waals surface area contributed by atoms with Crippen LogP contribution in [0, 0.1) is 29.0 Å². The lowest BCUT2D eigenvalue weighted by atomic mass is 9.82. The van der Waals surface area contributed by atoms with Gasteiger partial charge in [-0.15, -0.1) is 0 Å². The summed E-state index contributed by atoms with van der Waals surface area (Å²) in [6.45, 7) is 4.78. The van der Waals surface area contributed by atoms with Gasteiger partial charge in [-0.25, -0.2) is 4.39 Å². The predicted octanol–water partition coefficient (Wildman–Crippen LogP) is 4.04. The zero-order valence-corrected chi connectivity index (χ0v) is 11.5. The normalized spacial score (nSPS) is 26.9. The summed E-state index contributed by atoms with van der Waals surface area (Å²) in [7, 11) is 0. The van der Waals surface area contributed by atoms with Gasteiger partial charge in [-0.2, -0.15) is 5.26 Å². The Bertz CT molecular complexity index is 470. The molecule has 2 rings (SSSR count). The third-order valence-electron chi connectivity index (χ3n) is 3.79. The van der Waals surface area contributed by atoms with Crippen molar-refractivity contribution in [2.75, 3.05) is 0 Å². The largest absolute Gasteiger partial charge is 0.373 e. The molecular weight excluding hydrogens is 241 g/mol. The standard InChI is InChI=1S/C16H20FNO/c1-11-5-12(2)7-15(6-11)19-10-14-4-3-13(9-18)8-16(14)17/h3-4,8,11-12,15H,5-7,10H2,1-2H3. The zero-order valence-electron chi connectivity index (χ0n) is 11.5. The first kappa shape index (κ1) is 14.0. The summed E-state index contributed by atoms with van der Waals surface area (Å²) in [5.74, 6) is 1.01. The van der Waals surface area contributed by atoms with Crippen molar-refractivity contribution in [1.82, 2.24) is 0 Å². The molecule has 1 aromatic rings. The van der Waals surface area contributed by atoms with Crippen LogP contribution in [-0.2, 0) is 11.3 Å². The fourth-order valence-corrected chi connectivity index (χ4v) is 2.95. The van der Waals surface area contributed by atoms with E-state index in [1.54, 1.807) is 12.1 Å². The lowest BCUT2D eigenvalue weighted by Gasteiger charge is -2.31. The molecule has 102 valence electrons. The molecule has 0 bridgehead atoms. The monoisotopic (exact) mass is 261 g/mol. The lowest BCUT2D eigenvalue weighted by molar-refractivity contribution is -0.0102. The molecule has 1 aromatic carbocycles. The quantitative estimate of drug-likeness (QED) is 0.822. The Hall–Kier alpha value is -1.40. The molecule has 19 heavy (non-hydrogen) atoms. The molecule has 1 fully saturated rings. The molecule has 1 saturated carbocycles. The van der Waals surface area contributed by atoms with Crippen LogP contribution in [0.5, 0.6) is 0 Å². The van der Waals surface area contributed by atoms with Gasteiger partial charge in [-0.1, -0.05) is 19.9 Å². The topological polar surface area (TPSA) is 33.0 Å². The fraction of sp³-hybridized carbons (Fsp3) is 0.562. The van der Waals surface area contributed by atoms with E-state index in [0.29, 0.717) is 29.6 Å². The highest BCUT2D eigenvalue weighted by atomic mass is 19.1. The van der Waals surface area contributed by atoms with Crippen LogP contribution in [0.15, 0.2) is 18.2 Å². The van der Waals surface area contributed by atoms with Gasteiger partial charge in [0.25, 0.3) is 0 Å². The van der Waals surface area contributed by atoms with Crippen LogP contribution in [0.3, 0.4) is 0 Å². The molecule has 0 spiro atoms. The van der Waals surface area contributed by atoms with E-state index in [1.807, 2.05) is 6.07 Å². The Labute approximate surface area is 114 Å². The van der Waals surface area contributed by atoms with Crippen molar-refractivity contribution < 1.29 is 9.13 Å². The highest BCUT2D eigenvalue weighted by molar-refractivity contribution is 5.32. The SMILES string of the molecule is CC1CC(C)CC(OCc2ccc(C#N)cc2F)C1. The Morgan fingerprint density at radius 2 is 1.95 bits per heavy atom. The average Bonchev–Trinajstić information content (AvgIpc) is 2.36. The van der Waals surface area contributed by atoms with Crippen molar-refractivity contribution in [2.45, 2.75) is 45.8 Å². The number of benzene rings is 1. The van der Waals surface area contributed by atoms with Crippen LogP contribution in [-0.4, -0.2) is 6.10 Å². The van der Waals surface area contributed by atoms with Crippen LogP contribution in [0.1, 0.15) is 44.2 Å². The van der Waals surface area contributed by atoms with Crippen molar-refractivity contribution in [3.8, 4) is 6.07 Å². The molecule has 2 nitrogen and oxygen atoms in total. The Morgan fingerprint density at radius 3 is 2.53 bits per heavy atom. The second kappa shape index (κ2) is 6.16. The van der Waals surface area contributed by atoms with Crippen molar-refractivity contribution in [1.29, 1.82) is 5.26 Å². The first-order valence-electron chi connectivity index (χ1n) is 6.88. The minimum absolute atomic E-state index is 0.230. The number of hydrogen-bond donors (Lipinski definition) is 0. The Morgan fingerprint density at radius 1 is 1.26 bits per heavy atom. The number of hydrogen-bond acceptors (Lipinski definition) is 2. The number of rotatable bonds is 3. The molecule has 0 heterocycles. The molecule has 2 unspecified atom stereocenters. The molecule has 0 saturated heterocycles. The summed E-state index contributed by atoms with van der Waals surface area (Å²) < 4.78 is 19.6. The highest BCUT2D eigenvalue weighted by Crippen LogP contribution is 2.30. The third-order valence-corrected chi connectivity index (χ3v) is 3.79. The smallest absolute Gasteiger partial charge is 0.130 e. The van der Waals surface area contributed by atoms with Crippen molar-refractivity contribution >= 4 is 0 Å². The Kier molecular flexibility index (Phi) is 4.55. The van der Waals surface area contributed by atoms with Crippen molar-refractivity contribution in [3.63, 3.8) is 0 Å². The molecule has 2 atom stereocenters. The second-order valence-corrected chi connectivity index (χ2v) is 5.77. The van der Waals surface area contributed by atoms with Crippen LogP contribution in [0.25, 0.3) is 0 Å². The van der Waals surface area contributed by atoms with Crippen LogP contribution in [0.2, 0.25) is 0 Å². The zero-order chi connectivity index (χ0) is 13.8. The molecule has 0 radical (unpaired) electrons. The average molecular weight is 261 g/mol. The highest BCUT2D eigenvalue weighted by Gasteiger charge is 2.24. The van der Waals surface area contributed by atoms with E-state index in [4.69, 9.17) is 10.00 Å². The van der Waals surface area contributed by atoms with Crippen molar-refractivity contribution in [3.05, 3.63) is 35.1 Å². The number of ether oxygens (including phenoxy) is 1. The first-order chi connectivity index (χ1) is 9.08. The molecular formula is C16H20FNO. The van der Waals surface area contributed by atoms with Gasteiger partial charge in [-0.05, 0) is 43.2 Å². The van der Waals surface area contributed by atoms with Crippen LogP contribution < -0.4 is 0 Å². The maximum Gasteiger partial charge on any atom is 0.130 e. The van der Waals surface area contributed by atoms with Gasteiger partial charge < -0.3 is 4.74 Å². The molecule has 0 amide bonds. The number of nitriles is 1. The minimum atomic E-state index is -0.351. The third kappa shape index (κ3) is 3.78. The van der Waals surface area contributed by atoms with Crippen LogP contribution in [0.4, 0.5) is 4.39 Å². The maximum atomic E-state index is 13.7. The number of halogens is 1. The number of nitrogens with zero attached hydrogens (tertiary/aromatic N) is 1. The molecule has 1 aliphatic carbocycles. The minimum Gasteiger partial charge on any atom is -0.373 e. The van der Waals surface area contributed by atoms with Gasteiger partial charge in [0.15, 0.2) is 0 Å². The van der Waals surface area contributed by atoms with Gasteiger partial charge >= 0.3 is 0 Å². The summed E-state index contributed by atoms with van der Waals surface area (Å²) in [5.41, 5.74) is 0.881. The van der Waals surface area contributed by atoms with E-state index in [0.717, 1.165) is 12.8 Å². The van der Waals surface area contributed by atoms with Gasteiger partial charge in [0.05, 0.1) is 24.3 Å². The molecule has 1 aliphatic rings. The van der Waals surface area contributed by atoms with E-state index >= 15 is 0 Å². The molecule has 0 N–H and O–H groups in total. The summed E-state index contributed by atoms with van der Waals surface area (Å²) in [6.07, 6.45) is 3.60. The van der Waals surface area contributed by atoms with E-state index in [2.05, 4.69) is 13.8 Å². The second-order valence-electron chi connectivity index (χ2n) is 5.77.